The molecule has 3 rings (SSSR count). The number of carbonyl (C=O) groups is 1. The van der Waals surface area contributed by atoms with Gasteiger partial charge in [-0.1, -0.05) is 30.3 Å². The van der Waals surface area contributed by atoms with Crippen LogP contribution in [0, 0.1) is 0 Å². The second kappa shape index (κ2) is 5.14. The fourth-order valence-electron chi connectivity index (χ4n) is 2.22. The summed E-state index contributed by atoms with van der Waals surface area (Å²) in [6, 6.07) is 15.3. The van der Waals surface area contributed by atoms with Crippen molar-refractivity contribution < 1.29 is 9.53 Å². The summed E-state index contributed by atoms with van der Waals surface area (Å²) in [6.07, 6.45) is 0.954. The Morgan fingerprint density at radius 2 is 2.00 bits per heavy atom. The molecule has 0 saturated carbocycles. The molecule has 2 aromatic rings. The summed E-state index contributed by atoms with van der Waals surface area (Å²) < 4.78 is 5.46. The van der Waals surface area contributed by atoms with Crippen molar-refractivity contribution in [1.29, 1.82) is 0 Å². The van der Waals surface area contributed by atoms with Gasteiger partial charge in [0.15, 0.2) is 0 Å². The first-order valence-electron chi connectivity index (χ1n) is 6.41. The third-order valence-electron chi connectivity index (χ3n) is 3.24. The Hall–Kier alpha value is -2.29. The van der Waals surface area contributed by atoms with Gasteiger partial charge in [0.1, 0.15) is 5.75 Å². The zero-order valence-electron chi connectivity index (χ0n) is 10.6. The van der Waals surface area contributed by atoms with E-state index < -0.39 is 0 Å². The fraction of sp³-hybridized carbons (Fsp3) is 0.188. The highest BCUT2D eigenvalue weighted by molar-refractivity contribution is 5.94. The maximum atomic E-state index is 11.9. The highest BCUT2D eigenvalue weighted by atomic mass is 16.5. The van der Waals surface area contributed by atoms with Crippen LogP contribution in [0.25, 0.3) is 0 Å². The Kier molecular flexibility index (Phi) is 3.19. The van der Waals surface area contributed by atoms with E-state index in [0.29, 0.717) is 12.1 Å². The van der Waals surface area contributed by atoms with Crippen LogP contribution in [-0.2, 0) is 13.0 Å². The lowest BCUT2D eigenvalue weighted by molar-refractivity contribution is 0.0951. The van der Waals surface area contributed by atoms with Gasteiger partial charge in [0.25, 0.3) is 5.91 Å². The van der Waals surface area contributed by atoms with Crippen molar-refractivity contribution in [3.05, 3.63) is 65.2 Å². The Bertz CT molecular complexity index is 593. The van der Waals surface area contributed by atoms with E-state index in [9.17, 15) is 4.79 Å². The van der Waals surface area contributed by atoms with Crippen LogP contribution >= 0.6 is 0 Å². The van der Waals surface area contributed by atoms with Gasteiger partial charge in [0.05, 0.1) is 6.61 Å². The zero-order chi connectivity index (χ0) is 13.1. The van der Waals surface area contributed by atoms with E-state index >= 15 is 0 Å². The summed E-state index contributed by atoms with van der Waals surface area (Å²) in [7, 11) is 0. The normalized spacial score (nSPS) is 12.6. The average Bonchev–Trinajstić information content (AvgIpc) is 2.93. The van der Waals surface area contributed by atoms with E-state index in [1.807, 2.05) is 42.5 Å². The van der Waals surface area contributed by atoms with Crippen LogP contribution in [0.2, 0.25) is 0 Å². The van der Waals surface area contributed by atoms with Crippen LogP contribution in [0.1, 0.15) is 21.5 Å². The average molecular weight is 253 g/mol. The van der Waals surface area contributed by atoms with E-state index in [2.05, 4.69) is 11.4 Å². The quantitative estimate of drug-likeness (QED) is 0.913. The minimum absolute atomic E-state index is 0.0441. The summed E-state index contributed by atoms with van der Waals surface area (Å²) >= 11 is 0. The number of nitrogens with one attached hydrogen (secondary N) is 1. The Labute approximate surface area is 112 Å². The largest absolute Gasteiger partial charge is 0.493 e. The van der Waals surface area contributed by atoms with Gasteiger partial charge in [-0.2, -0.15) is 0 Å². The highest BCUT2D eigenvalue weighted by Gasteiger charge is 2.12. The van der Waals surface area contributed by atoms with Crippen molar-refractivity contribution in [3.8, 4) is 5.75 Å². The third-order valence-corrected chi connectivity index (χ3v) is 3.24. The predicted molar refractivity (Wildman–Crippen MR) is 73.3 cm³/mol. The van der Waals surface area contributed by atoms with Crippen molar-refractivity contribution in [2.45, 2.75) is 13.0 Å². The first-order valence-corrected chi connectivity index (χ1v) is 6.41. The van der Waals surface area contributed by atoms with E-state index in [-0.39, 0.29) is 5.91 Å². The van der Waals surface area contributed by atoms with Crippen LogP contribution in [0.5, 0.6) is 5.75 Å². The second-order valence-electron chi connectivity index (χ2n) is 4.59. The molecule has 1 amide bonds. The third kappa shape index (κ3) is 2.60. The molecular formula is C16H15NO2. The lowest BCUT2D eigenvalue weighted by Crippen LogP contribution is -2.22. The van der Waals surface area contributed by atoms with E-state index in [0.717, 1.165) is 24.3 Å². The number of hydrogen-bond acceptors (Lipinski definition) is 2. The van der Waals surface area contributed by atoms with Crippen molar-refractivity contribution in [2.24, 2.45) is 0 Å². The Balaban J connectivity index is 1.65. The monoisotopic (exact) mass is 253 g/mol. The molecule has 0 aliphatic carbocycles. The summed E-state index contributed by atoms with van der Waals surface area (Å²) in [6.45, 7) is 1.30. The van der Waals surface area contributed by atoms with Gasteiger partial charge < -0.3 is 10.1 Å². The van der Waals surface area contributed by atoms with Crippen molar-refractivity contribution >= 4 is 5.91 Å². The van der Waals surface area contributed by atoms with Gasteiger partial charge >= 0.3 is 0 Å². The molecule has 0 fully saturated rings. The number of ether oxygens (including phenoxy) is 1. The fourth-order valence-corrected chi connectivity index (χ4v) is 2.22. The number of hydrogen-bond donors (Lipinski definition) is 1. The summed E-state index contributed by atoms with van der Waals surface area (Å²) in [5.41, 5.74) is 3.02. The lowest BCUT2D eigenvalue weighted by Gasteiger charge is -2.07. The highest BCUT2D eigenvalue weighted by Crippen LogP contribution is 2.25. The van der Waals surface area contributed by atoms with Crippen LogP contribution in [-0.4, -0.2) is 12.5 Å². The van der Waals surface area contributed by atoms with E-state index in [4.69, 9.17) is 4.74 Å². The molecule has 0 saturated heterocycles. The SMILES string of the molecule is O=C(NCc1ccc2c(c1)CCO2)c1ccccc1. The maximum absolute atomic E-state index is 11.9. The molecule has 3 heteroatoms. The van der Waals surface area contributed by atoms with E-state index in [1.54, 1.807) is 0 Å². The van der Waals surface area contributed by atoms with Crippen LogP contribution in [0.3, 0.4) is 0 Å². The summed E-state index contributed by atoms with van der Waals surface area (Å²) in [4.78, 5) is 11.9. The molecule has 1 N–H and O–H groups in total. The van der Waals surface area contributed by atoms with Gasteiger partial charge in [-0.05, 0) is 29.3 Å². The Morgan fingerprint density at radius 3 is 2.84 bits per heavy atom. The summed E-state index contributed by atoms with van der Waals surface area (Å²) in [5, 5.41) is 2.93. The van der Waals surface area contributed by atoms with Gasteiger partial charge in [0.2, 0.25) is 0 Å². The predicted octanol–water partition coefficient (Wildman–Crippen LogP) is 2.55. The molecule has 0 aromatic heterocycles. The number of benzene rings is 2. The minimum atomic E-state index is -0.0441. The smallest absolute Gasteiger partial charge is 0.251 e. The number of amides is 1. The second-order valence-corrected chi connectivity index (χ2v) is 4.59. The van der Waals surface area contributed by atoms with Crippen molar-refractivity contribution in [3.63, 3.8) is 0 Å². The molecule has 0 unspecified atom stereocenters. The molecule has 19 heavy (non-hydrogen) atoms. The molecule has 0 atom stereocenters. The molecule has 96 valence electrons. The summed E-state index contributed by atoms with van der Waals surface area (Å²) in [5.74, 6) is 0.926. The maximum Gasteiger partial charge on any atom is 0.251 e. The number of rotatable bonds is 3. The first-order chi connectivity index (χ1) is 9.33. The lowest BCUT2D eigenvalue weighted by atomic mass is 10.1. The molecule has 1 aliphatic heterocycles. The van der Waals surface area contributed by atoms with Crippen molar-refractivity contribution in [1.82, 2.24) is 5.32 Å². The molecule has 2 aromatic carbocycles. The molecule has 3 nitrogen and oxygen atoms in total. The number of fused-ring (bicyclic) bond motifs is 1. The van der Waals surface area contributed by atoms with Gasteiger partial charge in [0, 0.05) is 18.5 Å². The van der Waals surface area contributed by atoms with E-state index in [1.165, 1.54) is 5.56 Å². The molecule has 0 spiro atoms. The van der Waals surface area contributed by atoms with Crippen molar-refractivity contribution in [2.75, 3.05) is 6.61 Å². The number of carbonyl (C=O) groups excluding carboxylic acids is 1. The van der Waals surface area contributed by atoms with Crippen LogP contribution in [0.4, 0.5) is 0 Å². The first kappa shape index (κ1) is 11.8. The van der Waals surface area contributed by atoms with Crippen LogP contribution < -0.4 is 10.1 Å². The molecule has 1 aliphatic rings. The minimum Gasteiger partial charge on any atom is -0.493 e. The molecule has 0 radical (unpaired) electrons. The topological polar surface area (TPSA) is 38.3 Å². The van der Waals surface area contributed by atoms with Crippen LogP contribution in [0.15, 0.2) is 48.5 Å². The van der Waals surface area contributed by atoms with Gasteiger partial charge in [-0.25, -0.2) is 0 Å². The molecule has 1 heterocycles. The molecular weight excluding hydrogens is 238 g/mol. The standard InChI is InChI=1S/C16H15NO2/c18-16(13-4-2-1-3-5-13)17-11-12-6-7-15-14(10-12)8-9-19-15/h1-7,10H,8-9,11H2,(H,17,18). The van der Waals surface area contributed by atoms with Gasteiger partial charge in [-0.3, -0.25) is 4.79 Å². The van der Waals surface area contributed by atoms with Gasteiger partial charge in [-0.15, -0.1) is 0 Å². The zero-order valence-corrected chi connectivity index (χ0v) is 10.6. The molecule has 0 bridgehead atoms. The Morgan fingerprint density at radius 1 is 1.16 bits per heavy atom.